The maximum Gasteiger partial charge on any atom is 0.257 e. The van der Waals surface area contributed by atoms with Crippen molar-refractivity contribution in [3.8, 4) is 0 Å². The summed E-state index contributed by atoms with van der Waals surface area (Å²) in [6.07, 6.45) is 0. The van der Waals surface area contributed by atoms with Crippen LogP contribution in [0, 0.1) is 5.82 Å². The Labute approximate surface area is 144 Å². The Hall–Kier alpha value is -3.47. The lowest BCUT2D eigenvalue weighted by Gasteiger charge is -2.11. The van der Waals surface area contributed by atoms with Crippen LogP contribution in [0.3, 0.4) is 0 Å². The summed E-state index contributed by atoms with van der Waals surface area (Å²) >= 11 is 0. The van der Waals surface area contributed by atoms with Crippen LogP contribution in [0.4, 0.5) is 15.8 Å². The molecule has 3 aromatic carbocycles. The molecule has 5 heteroatoms. The van der Waals surface area contributed by atoms with Crippen molar-refractivity contribution < 1.29 is 14.0 Å². The van der Waals surface area contributed by atoms with E-state index in [-0.39, 0.29) is 11.5 Å². The molecule has 3 rings (SSSR count). The van der Waals surface area contributed by atoms with E-state index < -0.39 is 11.7 Å². The zero-order valence-electron chi connectivity index (χ0n) is 13.2. The van der Waals surface area contributed by atoms with E-state index in [1.807, 2.05) is 6.07 Å². The molecule has 0 atom stereocenters. The number of anilines is 2. The summed E-state index contributed by atoms with van der Waals surface area (Å²) in [5.41, 5.74) is 1.50. The predicted octanol–water partition coefficient (Wildman–Crippen LogP) is 4.33. The summed E-state index contributed by atoms with van der Waals surface area (Å²) in [6.45, 7) is 0. The molecule has 0 aliphatic heterocycles. The van der Waals surface area contributed by atoms with Crippen LogP contribution in [0.2, 0.25) is 0 Å². The van der Waals surface area contributed by atoms with E-state index in [0.717, 1.165) is 0 Å². The van der Waals surface area contributed by atoms with Crippen LogP contribution < -0.4 is 10.6 Å². The fourth-order valence-corrected chi connectivity index (χ4v) is 2.34. The van der Waals surface area contributed by atoms with Crippen LogP contribution in [-0.2, 0) is 0 Å². The van der Waals surface area contributed by atoms with Gasteiger partial charge < -0.3 is 10.6 Å². The Morgan fingerprint density at radius 1 is 0.720 bits per heavy atom. The number of amides is 2. The Balaban J connectivity index is 1.81. The molecule has 3 aromatic rings. The second-order valence-corrected chi connectivity index (χ2v) is 5.33. The number of rotatable bonds is 4. The summed E-state index contributed by atoms with van der Waals surface area (Å²) in [6, 6.07) is 21.0. The summed E-state index contributed by atoms with van der Waals surface area (Å²) in [5.74, 6) is -1.19. The van der Waals surface area contributed by atoms with Crippen molar-refractivity contribution in [1.82, 2.24) is 0 Å². The van der Waals surface area contributed by atoms with Crippen molar-refractivity contribution >= 4 is 23.2 Å². The normalized spacial score (nSPS) is 10.1. The average Bonchev–Trinajstić information content (AvgIpc) is 2.63. The number of nitrogens with one attached hydrogen (secondary N) is 2. The molecule has 0 aliphatic rings. The van der Waals surface area contributed by atoms with Gasteiger partial charge in [0.05, 0.1) is 11.3 Å². The van der Waals surface area contributed by atoms with Crippen LogP contribution in [0.1, 0.15) is 20.7 Å². The summed E-state index contributed by atoms with van der Waals surface area (Å²) in [5, 5.41) is 5.35. The third-order valence-electron chi connectivity index (χ3n) is 3.54. The number of carbonyl (C=O) groups excluding carboxylic acids is 2. The Morgan fingerprint density at radius 2 is 1.44 bits per heavy atom. The van der Waals surface area contributed by atoms with Gasteiger partial charge in [0.25, 0.3) is 11.8 Å². The number of para-hydroxylation sites is 1. The molecule has 0 radical (unpaired) electrons. The minimum atomic E-state index is -0.441. The molecule has 2 amide bonds. The largest absolute Gasteiger partial charge is 0.322 e. The highest BCUT2D eigenvalue weighted by Gasteiger charge is 2.14. The second-order valence-electron chi connectivity index (χ2n) is 5.33. The molecular formula is C20H15FN2O2. The first-order valence-electron chi connectivity index (χ1n) is 7.66. The van der Waals surface area contributed by atoms with E-state index in [2.05, 4.69) is 10.6 Å². The first-order chi connectivity index (χ1) is 12.1. The third kappa shape index (κ3) is 4.09. The topological polar surface area (TPSA) is 58.2 Å². The summed E-state index contributed by atoms with van der Waals surface area (Å²) in [7, 11) is 0. The molecule has 25 heavy (non-hydrogen) atoms. The van der Waals surface area contributed by atoms with Gasteiger partial charge in [0.1, 0.15) is 5.82 Å². The van der Waals surface area contributed by atoms with Gasteiger partial charge in [0.2, 0.25) is 0 Å². The SMILES string of the molecule is O=C(Nc1ccccc1C(=O)Nc1cccc(F)c1)c1ccccc1. The lowest BCUT2D eigenvalue weighted by molar-refractivity contribution is 0.102. The van der Waals surface area contributed by atoms with Gasteiger partial charge in [0, 0.05) is 11.3 Å². The van der Waals surface area contributed by atoms with Crippen molar-refractivity contribution in [3.63, 3.8) is 0 Å². The van der Waals surface area contributed by atoms with E-state index in [1.165, 1.54) is 18.2 Å². The van der Waals surface area contributed by atoms with Crippen LogP contribution in [0.5, 0.6) is 0 Å². The van der Waals surface area contributed by atoms with Crippen molar-refractivity contribution in [1.29, 1.82) is 0 Å². The zero-order valence-corrected chi connectivity index (χ0v) is 13.2. The van der Waals surface area contributed by atoms with Crippen molar-refractivity contribution in [2.24, 2.45) is 0 Å². The van der Waals surface area contributed by atoms with E-state index in [1.54, 1.807) is 54.6 Å². The number of hydrogen-bond acceptors (Lipinski definition) is 2. The van der Waals surface area contributed by atoms with Crippen LogP contribution in [-0.4, -0.2) is 11.8 Å². The van der Waals surface area contributed by atoms with Gasteiger partial charge in [-0.15, -0.1) is 0 Å². The monoisotopic (exact) mass is 334 g/mol. The molecule has 0 unspecified atom stereocenters. The number of benzene rings is 3. The van der Waals surface area contributed by atoms with Gasteiger partial charge >= 0.3 is 0 Å². The van der Waals surface area contributed by atoms with Crippen LogP contribution >= 0.6 is 0 Å². The highest BCUT2D eigenvalue weighted by molar-refractivity contribution is 6.12. The van der Waals surface area contributed by atoms with Crippen LogP contribution in [0.25, 0.3) is 0 Å². The molecule has 0 spiro atoms. The average molecular weight is 334 g/mol. The van der Waals surface area contributed by atoms with Gasteiger partial charge in [-0.3, -0.25) is 9.59 Å². The second kappa shape index (κ2) is 7.40. The molecule has 0 saturated heterocycles. The molecule has 124 valence electrons. The van der Waals surface area contributed by atoms with Gasteiger partial charge in [-0.1, -0.05) is 36.4 Å². The number of halogens is 1. The van der Waals surface area contributed by atoms with E-state index in [4.69, 9.17) is 0 Å². The van der Waals surface area contributed by atoms with Crippen LogP contribution in [0.15, 0.2) is 78.9 Å². The Morgan fingerprint density at radius 3 is 2.20 bits per heavy atom. The summed E-state index contributed by atoms with van der Waals surface area (Å²) < 4.78 is 13.3. The van der Waals surface area contributed by atoms with E-state index in [9.17, 15) is 14.0 Å². The fraction of sp³-hybridized carbons (Fsp3) is 0. The molecule has 0 heterocycles. The smallest absolute Gasteiger partial charge is 0.257 e. The van der Waals surface area contributed by atoms with E-state index in [0.29, 0.717) is 16.9 Å². The maximum atomic E-state index is 13.3. The molecule has 0 fully saturated rings. The fourth-order valence-electron chi connectivity index (χ4n) is 2.34. The van der Waals surface area contributed by atoms with Gasteiger partial charge in [0.15, 0.2) is 0 Å². The number of hydrogen-bond donors (Lipinski definition) is 2. The lowest BCUT2D eigenvalue weighted by Crippen LogP contribution is -2.18. The predicted molar refractivity (Wildman–Crippen MR) is 95.2 cm³/mol. The molecule has 0 aliphatic carbocycles. The molecular weight excluding hydrogens is 319 g/mol. The van der Waals surface area contributed by atoms with Gasteiger partial charge in [-0.2, -0.15) is 0 Å². The quantitative estimate of drug-likeness (QED) is 0.746. The first-order valence-corrected chi connectivity index (χ1v) is 7.66. The Bertz CT molecular complexity index is 910. The minimum absolute atomic E-state index is 0.288. The van der Waals surface area contributed by atoms with E-state index >= 15 is 0 Å². The molecule has 2 N–H and O–H groups in total. The number of carbonyl (C=O) groups is 2. The highest BCUT2D eigenvalue weighted by atomic mass is 19.1. The molecule has 0 saturated carbocycles. The Kier molecular flexibility index (Phi) is 4.85. The lowest BCUT2D eigenvalue weighted by atomic mass is 10.1. The van der Waals surface area contributed by atoms with Gasteiger partial charge in [-0.05, 0) is 42.5 Å². The first kappa shape index (κ1) is 16.4. The maximum absolute atomic E-state index is 13.3. The molecule has 0 aromatic heterocycles. The van der Waals surface area contributed by atoms with Crippen molar-refractivity contribution in [2.75, 3.05) is 10.6 Å². The minimum Gasteiger partial charge on any atom is -0.322 e. The van der Waals surface area contributed by atoms with Crippen molar-refractivity contribution in [3.05, 3.63) is 95.8 Å². The van der Waals surface area contributed by atoms with Crippen molar-refractivity contribution in [2.45, 2.75) is 0 Å². The van der Waals surface area contributed by atoms with Gasteiger partial charge in [-0.25, -0.2) is 4.39 Å². The third-order valence-corrected chi connectivity index (χ3v) is 3.54. The summed E-state index contributed by atoms with van der Waals surface area (Å²) in [4.78, 5) is 24.8. The standard InChI is InChI=1S/C20H15FN2O2/c21-15-9-6-10-16(13-15)22-20(25)17-11-4-5-12-18(17)23-19(24)14-7-2-1-3-8-14/h1-13H,(H,22,25)(H,23,24). The molecule has 0 bridgehead atoms. The molecule has 4 nitrogen and oxygen atoms in total. The highest BCUT2D eigenvalue weighted by Crippen LogP contribution is 2.19. The zero-order chi connectivity index (χ0) is 17.6.